The van der Waals surface area contributed by atoms with E-state index in [9.17, 15) is 0 Å². The van der Waals surface area contributed by atoms with Gasteiger partial charge in [-0.1, -0.05) is 30.3 Å². The largest absolute Gasteiger partial charge is 0.382 e. The molecule has 0 spiro atoms. The Morgan fingerprint density at radius 1 is 1.20 bits per heavy atom. The van der Waals surface area contributed by atoms with Gasteiger partial charge in [-0.05, 0) is 21.5 Å². The molecule has 2 heterocycles. The summed E-state index contributed by atoms with van der Waals surface area (Å²) in [7, 11) is 0. The number of benzene rings is 1. The molecule has 0 aliphatic heterocycles. The van der Waals surface area contributed by atoms with Crippen molar-refractivity contribution in [2.24, 2.45) is 0 Å². The van der Waals surface area contributed by atoms with Gasteiger partial charge in [-0.3, -0.25) is 4.57 Å². The molecule has 0 fully saturated rings. The zero-order chi connectivity index (χ0) is 14.1. The molecule has 0 bridgehead atoms. The lowest BCUT2D eigenvalue weighted by molar-refractivity contribution is 0.789. The van der Waals surface area contributed by atoms with Crippen LogP contribution in [-0.2, 0) is 6.54 Å². The van der Waals surface area contributed by atoms with Crippen molar-refractivity contribution in [3.8, 4) is 6.07 Å². The minimum absolute atomic E-state index is 0.0386. The summed E-state index contributed by atoms with van der Waals surface area (Å²) in [5, 5.41) is 8.94. The maximum atomic E-state index is 8.94. The Bertz CT molecular complexity index is 818. The second kappa shape index (κ2) is 4.90. The summed E-state index contributed by atoms with van der Waals surface area (Å²) in [6.45, 7) is 0.583. The van der Waals surface area contributed by atoms with Crippen molar-refractivity contribution >= 4 is 32.9 Å². The number of nitrogens with zero attached hydrogens (tertiary/aromatic N) is 5. The van der Waals surface area contributed by atoms with Crippen molar-refractivity contribution in [2.75, 3.05) is 5.73 Å². The van der Waals surface area contributed by atoms with Crippen LogP contribution in [0.5, 0.6) is 0 Å². The van der Waals surface area contributed by atoms with Gasteiger partial charge in [0.15, 0.2) is 21.7 Å². The van der Waals surface area contributed by atoms with Crippen LogP contribution in [0.15, 0.2) is 35.1 Å². The average molecular weight is 329 g/mol. The Morgan fingerprint density at radius 2 is 1.95 bits per heavy atom. The fourth-order valence-corrected chi connectivity index (χ4v) is 2.42. The van der Waals surface area contributed by atoms with Crippen LogP contribution in [0.25, 0.3) is 11.2 Å². The lowest BCUT2D eigenvalue weighted by Gasteiger charge is -2.05. The van der Waals surface area contributed by atoms with Gasteiger partial charge in [0.1, 0.15) is 6.07 Å². The third-order valence-electron chi connectivity index (χ3n) is 2.86. The molecule has 20 heavy (non-hydrogen) atoms. The Hall–Kier alpha value is -2.46. The van der Waals surface area contributed by atoms with Crippen LogP contribution in [0.2, 0.25) is 0 Å². The SMILES string of the molecule is N#Cc1nc(N)c2nc(Br)n(Cc3ccccc3)c2n1. The highest BCUT2D eigenvalue weighted by Crippen LogP contribution is 2.23. The number of nitrogen functional groups attached to an aromatic ring is 1. The molecule has 7 heteroatoms. The molecule has 0 amide bonds. The van der Waals surface area contributed by atoms with E-state index in [0.29, 0.717) is 22.4 Å². The predicted molar refractivity (Wildman–Crippen MR) is 77.7 cm³/mol. The number of nitriles is 1. The van der Waals surface area contributed by atoms with Gasteiger partial charge in [-0.25, -0.2) is 4.98 Å². The number of anilines is 1. The first-order valence-corrected chi connectivity index (χ1v) is 6.61. The van der Waals surface area contributed by atoms with Gasteiger partial charge >= 0.3 is 0 Å². The van der Waals surface area contributed by atoms with Gasteiger partial charge in [0.2, 0.25) is 5.82 Å². The molecule has 3 aromatic rings. The molecule has 0 atom stereocenters. The first-order valence-electron chi connectivity index (χ1n) is 5.82. The molecule has 2 N–H and O–H groups in total. The molecule has 0 saturated carbocycles. The van der Waals surface area contributed by atoms with Gasteiger partial charge in [0, 0.05) is 0 Å². The number of halogens is 1. The molecular weight excluding hydrogens is 320 g/mol. The van der Waals surface area contributed by atoms with Crippen molar-refractivity contribution in [2.45, 2.75) is 6.54 Å². The van der Waals surface area contributed by atoms with Gasteiger partial charge < -0.3 is 5.73 Å². The maximum Gasteiger partial charge on any atom is 0.236 e. The number of hydrogen-bond acceptors (Lipinski definition) is 5. The predicted octanol–water partition coefficient (Wildman–Crippen LogP) is 2.09. The van der Waals surface area contributed by atoms with Crippen molar-refractivity contribution in [1.29, 1.82) is 5.26 Å². The summed E-state index contributed by atoms with van der Waals surface area (Å²) >= 11 is 3.39. The third kappa shape index (κ3) is 2.10. The number of fused-ring (bicyclic) bond motifs is 1. The fourth-order valence-electron chi connectivity index (χ4n) is 1.95. The fraction of sp³-hybridized carbons (Fsp3) is 0.0769. The molecule has 98 valence electrons. The van der Waals surface area contributed by atoms with Crippen LogP contribution in [0.4, 0.5) is 5.82 Å². The second-order valence-corrected chi connectivity index (χ2v) is 4.88. The highest BCUT2D eigenvalue weighted by molar-refractivity contribution is 9.10. The van der Waals surface area contributed by atoms with Crippen molar-refractivity contribution < 1.29 is 0 Å². The number of nitrogens with two attached hydrogens (primary N) is 1. The van der Waals surface area contributed by atoms with E-state index in [4.69, 9.17) is 11.0 Å². The summed E-state index contributed by atoms with van der Waals surface area (Å²) in [6, 6.07) is 11.8. The van der Waals surface area contributed by atoms with Crippen molar-refractivity contribution in [3.05, 3.63) is 46.5 Å². The minimum Gasteiger partial charge on any atom is -0.382 e. The lowest BCUT2D eigenvalue weighted by atomic mass is 10.2. The van der Waals surface area contributed by atoms with Crippen LogP contribution >= 0.6 is 15.9 Å². The molecule has 1 aromatic carbocycles. The summed E-state index contributed by atoms with van der Waals surface area (Å²) in [5.74, 6) is 0.246. The van der Waals surface area contributed by atoms with Crippen molar-refractivity contribution in [3.63, 3.8) is 0 Å². The molecular formula is C13H9BrN6. The smallest absolute Gasteiger partial charge is 0.236 e. The first kappa shape index (κ1) is 12.6. The van der Waals surface area contributed by atoms with E-state index in [2.05, 4.69) is 30.9 Å². The normalized spacial score (nSPS) is 10.6. The highest BCUT2D eigenvalue weighted by atomic mass is 79.9. The Labute approximate surface area is 123 Å². The van der Waals surface area contributed by atoms with Crippen LogP contribution < -0.4 is 5.73 Å². The number of rotatable bonds is 2. The van der Waals surface area contributed by atoms with Gasteiger partial charge in [0.05, 0.1) is 6.54 Å². The number of imidazole rings is 1. The van der Waals surface area contributed by atoms with Gasteiger partial charge in [-0.15, -0.1) is 0 Å². The van der Waals surface area contributed by atoms with E-state index in [1.54, 1.807) is 0 Å². The van der Waals surface area contributed by atoms with E-state index in [0.717, 1.165) is 5.56 Å². The van der Waals surface area contributed by atoms with E-state index in [1.807, 2.05) is 41.0 Å². The Balaban J connectivity index is 2.18. The van der Waals surface area contributed by atoms with Crippen LogP contribution in [-0.4, -0.2) is 19.5 Å². The third-order valence-corrected chi connectivity index (χ3v) is 3.46. The summed E-state index contributed by atoms with van der Waals surface area (Å²) in [6.07, 6.45) is 0. The quantitative estimate of drug-likeness (QED) is 0.727. The summed E-state index contributed by atoms with van der Waals surface area (Å²) in [4.78, 5) is 12.4. The molecule has 0 aliphatic carbocycles. The van der Waals surface area contributed by atoms with Crippen molar-refractivity contribution in [1.82, 2.24) is 19.5 Å². The monoisotopic (exact) mass is 328 g/mol. The Kier molecular flexibility index (Phi) is 3.08. The molecule has 0 aliphatic rings. The summed E-state index contributed by atoms with van der Waals surface area (Å²) < 4.78 is 2.45. The molecule has 6 nitrogen and oxygen atoms in total. The summed E-state index contributed by atoms with van der Waals surface area (Å²) in [5.41, 5.74) is 7.95. The second-order valence-electron chi connectivity index (χ2n) is 4.17. The standard InChI is InChI=1S/C13H9BrN6/c14-13-19-10-11(16)17-9(6-15)18-12(10)20(13)7-8-4-2-1-3-5-8/h1-5H,7H2,(H2,16,17,18). The Morgan fingerprint density at radius 3 is 2.65 bits per heavy atom. The first-order chi connectivity index (χ1) is 9.69. The van der Waals surface area contributed by atoms with Crippen LogP contribution in [0.3, 0.4) is 0 Å². The van der Waals surface area contributed by atoms with Crippen LogP contribution in [0.1, 0.15) is 11.4 Å². The van der Waals surface area contributed by atoms with Crippen LogP contribution in [0, 0.1) is 11.3 Å². The number of hydrogen-bond donors (Lipinski definition) is 1. The molecule has 0 saturated heterocycles. The molecule has 0 unspecified atom stereocenters. The van der Waals surface area contributed by atoms with E-state index >= 15 is 0 Å². The molecule has 3 rings (SSSR count). The zero-order valence-electron chi connectivity index (χ0n) is 10.3. The van der Waals surface area contributed by atoms with Gasteiger partial charge in [0.25, 0.3) is 0 Å². The van der Waals surface area contributed by atoms with Gasteiger partial charge in [-0.2, -0.15) is 15.2 Å². The molecule has 2 aromatic heterocycles. The van der Waals surface area contributed by atoms with E-state index < -0.39 is 0 Å². The maximum absolute atomic E-state index is 8.94. The zero-order valence-corrected chi connectivity index (χ0v) is 11.9. The lowest BCUT2D eigenvalue weighted by Crippen LogP contribution is -2.03. The topological polar surface area (TPSA) is 93.4 Å². The van der Waals surface area contributed by atoms with E-state index in [1.165, 1.54) is 0 Å². The van der Waals surface area contributed by atoms with E-state index in [-0.39, 0.29) is 11.6 Å². The highest BCUT2D eigenvalue weighted by Gasteiger charge is 2.15. The molecule has 0 radical (unpaired) electrons. The minimum atomic E-state index is 0.0386. The number of aromatic nitrogens is 4. The average Bonchev–Trinajstić information content (AvgIpc) is 2.77.